The minimum atomic E-state index is -0.422. The van der Waals surface area contributed by atoms with Gasteiger partial charge in [-0.3, -0.25) is 0 Å². The smallest absolute Gasteiger partial charge is 0.330 e. The first-order valence-corrected chi connectivity index (χ1v) is 7.21. The molecule has 1 unspecified atom stereocenters. The fraction of sp³-hybridized carbons (Fsp3) is 0.833. The molecular formula is C12H22N2O2S. The van der Waals surface area contributed by atoms with Crippen LogP contribution in [0.3, 0.4) is 0 Å². The van der Waals surface area contributed by atoms with E-state index in [0.717, 1.165) is 23.8 Å². The van der Waals surface area contributed by atoms with Gasteiger partial charge in [-0.1, -0.05) is 25.6 Å². The fourth-order valence-corrected chi connectivity index (χ4v) is 3.11. The van der Waals surface area contributed by atoms with Gasteiger partial charge in [0.25, 0.3) is 0 Å². The van der Waals surface area contributed by atoms with Gasteiger partial charge >= 0.3 is 5.97 Å². The molecule has 0 aromatic carbocycles. The SMILES string of the molecule is CCOC(=O)C(C)N=C1NC(CC)(CC)CS1. The third kappa shape index (κ3) is 3.63. The first kappa shape index (κ1) is 14.4. The highest BCUT2D eigenvalue weighted by atomic mass is 32.2. The van der Waals surface area contributed by atoms with Crippen LogP contribution in [0, 0.1) is 0 Å². The number of ether oxygens (including phenoxy) is 1. The highest BCUT2D eigenvalue weighted by molar-refractivity contribution is 8.14. The molecule has 0 aliphatic carbocycles. The Balaban J connectivity index is 2.61. The lowest BCUT2D eigenvalue weighted by molar-refractivity contribution is -0.144. The molecule has 17 heavy (non-hydrogen) atoms. The molecule has 98 valence electrons. The highest BCUT2D eigenvalue weighted by Crippen LogP contribution is 2.29. The summed E-state index contributed by atoms with van der Waals surface area (Å²) in [5.41, 5.74) is 0.151. The minimum Gasteiger partial charge on any atom is -0.464 e. The first-order valence-electron chi connectivity index (χ1n) is 6.22. The molecule has 0 amide bonds. The van der Waals surface area contributed by atoms with Crippen LogP contribution < -0.4 is 5.32 Å². The summed E-state index contributed by atoms with van der Waals surface area (Å²) in [6, 6.07) is -0.422. The Bertz CT molecular complexity index is 301. The van der Waals surface area contributed by atoms with Crippen molar-refractivity contribution in [1.82, 2.24) is 5.32 Å². The van der Waals surface area contributed by atoms with Crippen molar-refractivity contribution in [2.24, 2.45) is 4.99 Å². The summed E-state index contributed by atoms with van der Waals surface area (Å²) in [5, 5.41) is 4.31. The van der Waals surface area contributed by atoms with Gasteiger partial charge in [-0.2, -0.15) is 0 Å². The summed E-state index contributed by atoms with van der Waals surface area (Å²) < 4.78 is 4.94. The molecule has 0 aromatic heterocycles. The topological polar surface area (TPSA) is 50.7 Å². The third-order valence-corrected chi connectivity index (χ3v) is 4.33. The predicted octanol–water partition coefficient (Wildman–Crippen LogP) is 2.19. The number of aliphatic imine (C=N–C) groups is 1. The number of hydrogen-bond donors (Lipinski definition) is 1. The van der Waals surface area contributed by atoms with Gasteiger partial charge in [-0.25, -0.2) is 9.79 Å². The molecule has 1 saturated heterocycles. The molecule has 0 bridgehead atoms. The lowest BCUT2D eigenvalue weighted by Crippen LogP contribution is -2.42. The van der Waals surface area contributed by atoms with Crippen molar-refractivity contribution in [2.75, 3.05) is 12.4 Å². The predicted molar refractivity (Wildman–Crippen MR) is 72.4 cm³/mol. The van der Waals surface area contributed by atoms with E-state index < -0.39 is 6.04 Å². The molecule has 1 rings (SSSR count). The summed E-state index contributed by atoms with van der Waals surface area (Å²) in [6.07, 6.45) is 2.15. The van der Waals surface area contributed by atoms with Crippen LogP contribution in [0.2, 0.25) is 0 Å². The number of amidine groups is 1. The van der Waals surface area contributed by atoms with Gasteiger partial charge in [0, 0.05) is 11.3 Å². The zero-order valence-corrected chi connectivity index (χ0v) is 11.9. The molecule has 0 aromatic rings. The van der Waals surface area contributed by atoms with E-state index in [-0.39, 0.29) is 11.5 Å². The molecule has 1 fully saturated rings. The third-order valence-electron chi connectivity index (χ3n) is 3.15. The van der Waals surface area contributed by atoms with Crippen LogP contribution >= 0.6 is 11.8 Å². The summed E-state index contributed by atoms with van der Waals surface area (Å²) >= 11 is 1.69. The molecule has 0 spiro atoms. The van der Waals surface area contributed by atoms with E-state index in [1.54, 1.807) is 25.6 Å². The van der Waals surface area contributed by atoms with Crippen molar-refractivity contribution < 1.29 is 9.53 Å². The number of carbonyl (C=O) groups excluding carboxylic acids is 1. The molecule has 1 atom stereocenters. The van der Waals surface area contributed by atoms with E-state index in [9.17, 15) is 4.79 Å². The molecule has 0 radical (unpaired) electrons. The Kier molecular flexibility index (Phi) is 5.31. The monoisotopic (exact) mass is 258 g/mol. The Morgan fingerprint density at radius 3 is 2.65 bits per heavy atom. The largest absolute Gasteiger partial charge is 0.464 e. The molecule has 4 nitrogen and oxygen atoms in total. The van der Waals surface area contributed by atoms with Crippen LogP contribution in [0.1, 0.15) is 40.5 Å². The Morgan fingerprint density at radius 1 is 1.53 bits per heavy atom. The van der Waals surface area contributed by atoms with Crippen LogP contribution in [0.25, 0.3) is 0 Å². The quantitative estimate of drug-likeness (QED) is 0.768. The standard InChI is InChI=1S/C12H22N2O2S/c1-5-12(6-2)8-17-11(14-12)13-9(4)10(15)16-7-3/h9H,5-8H2,1-4H3,(H,13,14). The number of hydrogen-bond acceptors (Lipinski definition) is 4. The van der Waals surface area contributed by atoms with E-state index >= 15 is 0 Å². The summed E-state index contributed by atoms with van der Waals surface area (Å²) in [7, 11) is 0. The Hall–Kier alpha value is -0.710. The number of esters is 1. The van der Waals surface area contributed by atoms with Crippen LogP contribution in [0.5, 0.6) is 0 Å². The number of rotatable bonds is 5. The summed E-state index contributed by atoms with van der Waals surface area (Å²) in [5.74, 6) is 0.766. The second kappa shape index (κ2) is 6.28. The van der Waals surface area contributed by atoms with Crippen LogP contribution in [-0.2, 0) is 9.53 Å². The van der Waals surface area contributed by atoms with Gasteiger partial charge in [0.1, 0.15) is 6.04 Å². The maximum Gasteiger partial charge on any atom is 0.330 e. The molecular weight excluding hydrogens is 236 g/mol. The van der Waals surface area contributed by atoms with Crippen molar-refractivity contribution in [3.8, 4) is 0 Å². The van der Waals surface area contributed by atoms with E-state index in [0.29, 0.717) is 6.61 Å². The van der Waals surface area contributed by atoms with Crippen molar-refractivity contribution in [3.05, 3.63) is 0 Å². The highest BCUT2D eigenvalue weighted by Gasteiger charge is 2.34. The van der Waals surface area contributed by atoms with Crippen molar-refractivity contribution in [3.63, 3.8) is 0 Å². The lowest BCUT2D eigenvalue weighted by atomic mass is 9.96. The maximum atomic E-state index is 11.5. The maximum absolute atomic E-state index is 11.5. The van der Waals surface area contributed by atoms with Crippen molar-refractivity contribution in [1.29, 1.82) is 0 Å². The molecule has 1 heterocycles. The van der Waals surface area contributed by atoms with Crippen molar-refractivity contribution in [2.45, 2.75) is 52.1 Å². The van der Waals surface area contributed by atoms with E-state index in [1.165, 1.54) is 0 Å². The molecule has 1 aliphatic rings. The number of thioether (sulfide) groups is 1. The van der Waals surface area contributed by atoms with E-state index in [1.807, 2.05) is 0 Å². The van der Waals surface area contributed by atoms with E-state index in [4.69, 9.17) is 4.74 Å². The minimum absolute atomic E-state index is 0.151. The van der Waals surface area contributed by atoms with Crippen molar-refractivity contribution >= 4 is 22.9 Å². The summed E-state index contributed by atoms with van der Waals surface area (Å²) in [4.78, 5) is 15.8. The average molecular weight is 258 g/mol. The Labute approximate surface area is 108 Å². The van der Waals surface area contributed by atoms with Gasteiger partial charge in [0.05, 0.1) is 6.61 Å². The summed E-state index contributed by atoms with van der Waals surface area (Å²) in [6.45, 7) is 8.33. The van der Waals surface area contributed by atoms with Gasteiger partial charge in [0.2, 0.25) is 0 Å². The zero-order chi connectivity index (χ0) is 12.9. The van der Waals surface area contributed by atoms with Crippen LogP contribution in [0.15, 0.2) is 4.99 Å². The second-order valence-electron chi connectivity index (χ2n) is 4.26. The average Bonchev–Trinajstić information content (AvgIpc) is 2.73. The number of nitrogens with one attached hydrogen (secondary N) is 1. The molecule has 1 aliphatic heterocycles. The normalized spacial score (nSPS) is 22.2. The number of carbonyl (C=O) groups is 1. The van der Waals surface area contributed by atoms with E-state index in [2.05, 4.69) is 24.2 Å². The second-order valence-corrected chi connectivity index (χ2v) is 5.23. The lowest BCUT2D eigenvalue weighted by Gasteiger charge is -2.25. The van der Waals surface area contributed by atoms with Gasteiger partial charge in [0.15, 0.2) is 5.17 Å². The first-order chi connectivity index (χ1) is 8.06. The van der Waals surface area contributed by atoms with Crippen LogP contribution in [-0.4, -0.2) is 35.1 Å². The molecule has 0 saturated carbocycles. The zero-order valence-electron chi connectivity index (χ0n) is 11.1. The molecule has 5 heteroatoms. The van der Waals surface area contributed by atoms with Crippen LogP contribution in [0.4, 0.5) is 0 Å². The van der Waals surface area contributed by atoms with Gasteiger partial charge in [-0.15, -0.1) is 0 Å². The fourth-order valence-electron chi connectivity index (χ4n) is 1.70. The van der Waals surface area contributed by atoms with Gasteiger partial charge in [-0.05, 0) is 26.7 Å². The van der Waals surface area contributed by atoms with Gasteiger partial charge < -0.3 is 10.1 Å². The number of nitrogens with zero attached hydrogens (tertiary/aromatic N) is 1. The molecule has 1 N–H and O–H groups in total. The Morgan fingerprint density at radius 2 is 2.18 bits per heavy atom.